The number of hydrogen-bond acceptors (Lipinski definition) is 7. The molecule has 35 heavy (non-hydrogen) atoms. The number of piperazine rings is 1. The summed E-state index contributed by atoms with van der Waals surface area (Å²) in [6, 6.07) is 17.9. The zero-order valence-corrected chi connectivity index (χ0v) is 20.0. The Morgan fingerprint density at radius 2 is 1.94 bits per heavy atom. The topological polar surface area (TPSA) is 95.8 Å². The lowest BCUT2D eigenvalue weighted by Crippen LogP contribution is -2.54. The number of carbonyl (C=O) groups excluding carboxylic acids is 1. The highest BCUT2D eigenvalue weighted by atomic mass is 32.1. The summed E-state index contributed by atoms with van der Waals surface area (Å²) in [5, 5.41) is 9.46. The fraction of sp³-hybridized carbons (Fsp3) is 0.240. The molecule has 4 heterocycles. The van der Waals surface area contributed by atoms with E-state index in [9.17, 15) is 4.79 Å². The summed E-state index contributed by atoms with van der Waals surface area (Å²) in [4.78, 5) is 30.0. The van der Waals surface area contributed by atoms with Crippen molar-refractivity contribution in [3.63, 3.8) is 0 Å². The van der Waals surface area contributed by atoms with E-state index in [0.29, 0.717) is 6.54 Å². The molecule has 1 saturated heterocycles. The number of nitrogens with zero attached hydrogens (tertiary/aromatic N) is 7. The van der Waals surface area contributed by atoms with E-state index in [1.807, 2.05) is 71.2 Å². The number of imidazole rings is 1. The van der Waals surface area contributed by atoms with Crippen LogP contribution in [0.25, 0.3) is 33.8 Å². The first kappa shape index (κ1) is 21.5. The van der Waals surface area contributed by atoms with Crippen LogP contribution in [0.1, 0.15) is 6.92 Å². The molecule has 1 unspecified atom stereocenters. The number of thiazole rings is 1. The van der Waals surface area contributed by atoms with Gasteiger partial charge in [0, 0.05) is 31.2 Å². The molecule has 0 radical (unpaired) electrons. The van der Waals surface area contributed by atoms with Gasteiger partial charge in [-0.15, -0.1) is 16.4 Å². The van der Waals surface area contributed by atoms with E-state index < -0.39 is 0 Å². The van der Waals surface area contributed by atoms with Gasteiger partial charge in [-0.2, -0.15) is 0 Å². The molecule has 2 aromatic carbocycles. The van der Waals surface area contributed by atoms with E-state index in [0.717, 1.165) is 51.9 Å². The maximum atomic E-state index is 13.1. The van der Waals surface area contributed by atoms with Crippen molar-refractivity contribution < 1.29 is 4.79 Å². The molecule has 0 saturated carbocycles. The summed E-state index contributed by atoms with van der Waals surface area (Å²) in [5.74, 6) is 0.817. The minimum Gasteiger partial charge on any atom is -0.358 e. The monoisotopic (exact) mass is 484 g/mol. The Hall–Kier alpha value is -4.05. The molecule has 1 N–H and O–H groups in total. The SMILES string of the molecule is CC1CN(c2scnc2-c2nc3ccccc3[nH]2)CCN1C(=O)Cn1cc(-c2ccccc2)nn1. The summed E-state index contributed by atoms with van der Waals surface area (Å²) < 4.78 is 1.62. The molecule has 3 aromatic heterocycles. The third-order valence-corrected chi connectivity index (χ3v) is 7.19. The van der Waals surface area contributed by atoms with E-state index in [2.05, 4.69) is 32.1 Å². The molecule has 0 bridgehead atoms. The zero-order valence-electron chi connectivity index (χ0n) is 19.2. The number of nitrogens with one attached hydrogen (secondary N) is 1. The van der Waals surface area contributed by atoms with Gasteiger partial charge in [-0.05, 0) is 19.1 Å². The molecule has 5 aromatic rings. The Morgan fingerprint density at radius 3 is 2.77 bits per heavy atom. The van der Waals surface area contributed by atoms with E-state index >= 15 is 0 Å². The second-order valence-electron chi connectivity index (χ2n) is 8.66. The quantitative estimate of drug-likeness (QED) is 0.409. The Morgan fingerprint density at radius 1 is 1.11 bits per heavy atom. The van der Waals surface area contributed by atoms with Crippen molar-refractivity contribution in [2.24, 2.45) is 0 Å². The Bertz CT molecular complexity index is 1440. The highest BCUT2D eigenvalue weighted by molar-refractivity contribution is 7.14. The van der Waals surface area contributed by atoms with Gasteiger partial charge < -0.3 is 14.8 Å². The molecule has 176 valence electrons. The predicted molar refractivity (Wildman–Crippen MR) is 136 cm³/mol. The first-order valence-corrected chi connectivity index (χ1v) is 12.4. The van der Waals surface area contributed by atoms with Crippen LogP contribution in [0.2, 0.25) is 0 Å². The van der Waals surface area contributed by atoms with Gasteiger partial charge in [-0.3, -0.25) is 4.79 Å². The number of amides is 1. The number of anilines is 1. The summed E-state index contributed by atoms with van der Waals surface area (Å²) in [6.07, 6.45) is 1.82. The summed E-state index contributed by atoms with van der Waals surface area (Å²) in [5.41, 5.74) is 6.38. The molecule has 1 fully saturated rings. The smallest absolute Gasteiger partial charge is 0.244 e. The van der Waals surface area contributed by atoms with Crippen molar-refractivity contribution in [3.8, 4) is 22.8 Å². The molecule has 1 aliphatic rings. The average Bonchev–Trinajstić information content (AvgIpc) is 3.63. The van der Waals surface area contributed by atoms with Crippen molar-refractivity contribution in [3.05, 3.63) is 66.3 Å². The van der Waals surface area contributed by atoms with Crippen molar-refractivity contribution in [1.82, 2.24) is 34.8 Å². The lowest BCUT2D eigenvalue weighted by atomic mass is 10.2. The fourth-order valence-electron chi connectivity index (χ4n) is 4.55. The normalized spacial score (nSPS) is 16.2. The fourth-order valence-corrected chi connectivity index (χ4v) is 5.38. The first-order valence-electron chi connectivity index (χ1n) is 11.5. The third-order valence-electron chi connectivity index (χ3n) is 6.30. The summed E-state index contributed by atoms with van der Waals surface area (Å²) in [6.45, 7) is 4.36. The van der Waals surface area contributed by atoms with Gasteiger partial charge in [0.2, 0.25) is 5.91 Å². The van der Waals surface area contributed by atoms with Gasteiger partial charge in [0.25, 0.3) is 0 Å². The van der Waals surface area contributed by atoms with E-state index in [4.69, 9.17) is 4.98 Å². The number of carbonyl (C=O) groups is 1. The maximum Gasteiger partial charge on any atom is 0.244 e. The van der Waals surface area contributed by atoms with Crippen LogP contribution >= 0.6 is 11.3 Å². The predicted octanol–water partition coefficient (Wildman–Crippen LogP) is 3.68. The van der Waals surface area contributed by atoms with Crippen LogP contribution < -0.4 is 4.90 Å². The largest absolute Gasteiger partial charge is 0.358 e. The van der Waals surface area contributed by atoms with E-state index in [-0.39, 0.29) is 18.5 Å². The lowest BCUT2D eigenvalue weighted by Gasteiger charge is -2.40. The van der Waals surface area contributed by atoms with Gasteiger partial charge in [-0.1, -0.05) is 47.7 Å². The van der Waals surface area contributed by atoms with Crippen molar-refractivity contribution in [1.29, 1.82) is 0 Å². The number of hydrogen-bond donors (Lipinski definition) is 1. The minimum atomic E-state index is 0.0449. The van der Waals surface area contributed by atoms with E-state index in [1.54, 1.807) is 16.0 Å². The van der Waals surface area contributed by atoms with Gasteiger partial charge in [0.15, 0.2) is 5.82 Å². The molecule has 0 spiro atoms. The molecular formula is C25H24N8OS. The van der Waals surface area contributed by atoms with Crippen molar-refractivity contribution >= 4 is 33.3 Å². The molecule has 1 amide bonds. The zero-order chi connectivity index (χ0) is 23.8. The number of fused-ring (bicyclic) bond motifs is 1. The highest BCUT2D eigenvalue weighted by Crippen LogP contribution is 2.34. The van der Waals surface area contributed by atoms with Crippen LogP contribution in [0.4, 0.5) is 5.00 Å². The molecule has 6 rings (SSSR count). The first-order chi connectivity index (χ1) is 17.2. The Balaban J connectivity index is 1.14. The van der Waals surface area contributed by atoms with Crippen LogP contribution in [0.15, 0.2) is 66.3 Å². The molecule has 0 aliphatic carbocycles. The number of benzene rings is 2. The second kappa shape index (κ2) is 8.95. The standard InChI is InChI=1S/C25H24N8OS/c1-17-13-31(25-23(26-16-35-25)24-27-19-9-5-6-10-20(19)28-24)11-12-33(17)22(34)15-32-14-21(29-30-32)18-7-3-2-4-8-18/h2-10,14,16-17H,11-13,15H2,1H3,(H,27,28). The van der Waals surface area contributed by atoms with Gasteiger partial charge in [0.05, 0.1) is 22.7 Å². The van der Waals surface area contributed by atoms with Gasteiger partial charge in [0.1, 0.15) is 22.9 Å². The molecule has 10 heteroatoms. The van der Waals surface area contributed by atoms with Crippen molar-refractivity contribution in [2.45, 2.75) is 19.5 Å². The van der Waals surface area contributed by atoms with Crippen LogP contribution in [0, 0.1) is 0 Å². The van der Waals surface area contributed by atoms with Crippen LogP contribution in [0.5, 0.6) is 0 Å². The maximum absolute atomic E-state index is 13.1. The average molecular weight is 485 g/mol. The van der Waals surface area contributed by atoms with Crippen LogP contribution in [0.3, 0.4) is 0 Å². The number of rotatable bonds is 5. The summed E-state index contributed by atoms with van der Waals surface area (Å²) in [7, 11) is 0. The number of para-hydroxylation sites is 2. The van der Waals surface area contributed by atoms with Crippen LogP contribution in [-0.2, 0) is 11.3 Å². The molecule has 1 atom stereocenters. The Kier molecular flexibility index (Phi) is 5.49. The number of aromatic amines is 1. The molecule has 9 nitrogen and oxygen atoms in total. The van der Waals surface area contributed by atoms with Crippen molar-refractivity contribution in [2.75, 3.05) is 24.5 Å². The second-order valence-corrected chi connectivity index (χ2v) is 9.49. The highest BCUT2D eigenvalue weighted by Gasteiger charge is 2.30. The molecular weight excluding hydrogens is 460 g/mol. The minimum absolute atomic E-state index is 0.0449. The number of H-pyrrole nitrogens is 1. The van der Waals surface area contributed by atoms with Gasteiger partial charge in [-0.25, -0.2) is 14.6 Å². The Labute approximate surface area is 206 Å². The van der Waals surface area contributed by atoms with Crippen LogP contribution in [-0.4, -0.2) is 66.4 Å². The summed E-state index contributed by atoms with van der Waals surface area (Å²) >= 11 is 1.60. The third kappa shape index (κ3) is 4.17. The lowest BCUT2D eigenvalue weighted by molar-refractivity contribution is -0.134. The molecule has 1 aliphatic heterocycles. The number of aromatic nitrogens is 6. The van der Waals surface area contributed by atoms with Gasteiger partial charge >= 0.3 is 0 Å². The van der Waals surface area contributed by atoms with E-state index in [1.165, 1.54) is 0 Å².